The second-order valence-electron chi connectivity index (χ2n) is 8.97. The summed E-state index contributed by atoms with van der Waals surface area (Å²) in [5, 5.41) is 26.5. The van der Waals surface area contributed by atoms with E-state index >= 15 is 0 Å². The predicted octanol–water partition coefficient (Wildman–Crippen LogP) is 3.15. The number of hydrogen-bond donors (Lipinski definition) is 5. The van der Waals surface area contributed by atoms with Crippen molar-refractivity contribution in [2.75, 3.05) is 5.32 Å². The van der Waals surface area contributed by atoms with Crippen LogP contribution in [0.1, 0.15) is 52.9 Å². The van der Waals surface area contributed by atoms with E-state index in [1.165, 1.54) is 6.20 Å². The molecule has 2 rings (SSSR count). The van der Waals surface area contributed by atoms with E-state index < -0.39 is 23.1 Å². The average Bonchev–Trinajstić information content (AvgIpc) is 2.69. The highest BCUT2D eigenvalue weighted by molar-refractivity contribution is 6.23. The van der Waals surface area contributed by atoms with Crippen molar-refractivity contribution in [1.82, 2.24) is 10.6 Å². The lowest BCUT2D eigenvalue weighted by atomic mass is 9.77. The fraction of sp³-hybridized carbons (Fsp3) is 0.478. The number of primary amides is 1. The first-order chi connectivity index (χ1) is 15.0. The van der Waals surface area contributed by atoms with Crippen molar-refractivity contribution in [3.05, 3.63) is 42.1 Å². The number of anilines is 1. The number of carbonyl (C=O) groups excluding carboxylic acids is 2. The van der Waals surface area contributed by atoms with Gasteiger partial charge in [0, 0.05) is 23.5 Å². The van der Waals surface area contributed by atoms with Crippen LogP contribution in [0.25, 0.3) is 0 Å². The standard InChI is InChI=1S/C23H32N6O3/c1-22(2,3)32-21(31)29-17-9-11-23(12-10-17,13-14-24)27-15-18(20(26)30)19(25)28-16-7-5-4-6-8-16/h4-8,15,17,27H,9-13H2,1-3H3,(H2,25,28)(H2,26,30)(H,29,31)/b18-15+. The molecule has 1 fully saturated rings. The lowest BCUT2D eigenvalue weighted by Crippen LogP contribution is -2.50. The lowest BCUT2D eigenvalue weighted by Gasteiger charge is -2.39. The largest absolute Gasteiger partial charge is 0.444 e. The quantitative estimate of drug-likeness (QED) is 0.249. The molecule has 1 aromatic rings. The van der Waals surface area contributed by atoms with Gasteiger partial charge in [-0.2, -0.15) is 5.26 Å². The molecule has 32 heavy (non-hydrogen) atoms. The van der Waals surface area contributed by atoms with E-state index in [2.05, 4.69) is 22.0 Å². The molecule has 0 unspecified atom stereocenters. The van der Waals surface area contributed by atoms with Crippen LogP contribution in [0.5, 0.6) is 0 Å². The van der Waals surface area contributed by atoms with Crippen molar-refractivity contribution in [1.29, 1.82) is 10.7 Å². The van der Waals surface area contributed by atoms with Gasteiger partial charge in [-0.3, -0.25) is 10.2 Å². The van der Waals surface area contributed by atoms with E-state index in [0.29, 0.717) is 31.4 Å². The van der Waals surface area contributed by atoms with Gasteiger partial charge in [-0.15, -0.1) is 0 Å². The Hall–Kier alpha value is -3.54. The molecular weight excluding hydrogens is 408 g/mol. The average molecular weight is 441 g/mol. The van der Waals surface area contributed by atoms with E-state index in [1.807, 2.05) is 39.0 Å². The van der Waals surface area contributed by atoms with Crippen molar-refractivity contribution in [3.63, 3.8) is 0 Å². The van der Waals surface area contributed by atoms with Gasteiger partial charge in [0.2, 0.25) is 0 Å². The Balaban J connectivity index is 2.04. The van der Waals surface area contributed by atoms with Crippen LogP contribution < -0.4 is 21.7 Å². The molecule has 172 valence electrons. The highest BCUT2D eigenvalue weighted by Crippen LogP contribution is 2.31. The fourth-order valence-electron chi connectivity index (χ4n) is 3.54. The number of para-hydroxylation sites is 1. The number of alkyl carbamates (subject to hydrolysis) is 1. The number of hydrogen-bond acceptors (Lipinski definition) is 6. The van der Waals surface area contributed by atoms with E-state index in [4.69, 9.17) is 15.9 Å². The summed E-state index contributed by atoms with van der Waals surface area (Å²) in [5.41, 5.74) is 5.00. The van der Waals surface area contributed by atoms with Gasteiger partial charge in [0.15, 0.2) is 0 Å². The highest BCUT2D eigenvalue weighted by atomic mass is 16.6. The van der Waals surface area contributed by atoms with Crippen molar-refractivity contribution in [3.8, 4) is 6.07 Å². The van der Waals surface area contributed by atoms with Crippen LogP contribution in [0.15, 0.2) is 42.1 Å². The molecule has 2 amide bonds. The zero-order valence-corrected chi connectivity index (χ0v) is 18.8. The molecule has 9 heteroatoms. The Morgan fingerprint density at radius 1 is 1.28 bits per heavy atom. The Morgan fingerprint density at radius 2 is 1.91 bits per heavy atom. The maximum Gasteiger partial charge on any atom is 0.407 e. The topological polar surface area (TPSA) is 153 Å². The third-order valence-electron chi connectivity index (χ3n) is 5.18. The molecule has 1 aliphatic rings. The number of benzene rings is 1. The molecule has 0 saturated heterocycles. The van der Waals surface area contributed by atoms with Gasteiger partial charge in [-0.1, -0.05) is 18.2 Å². The zero-order chi connectivity index (χ0) is 23.8. The maximum atomic E-state index is 12.0. The third-order valence-corrected chi connectivity index (χ3v) is 5.18. The number of amidine groups is 1. The number of carbonyl (C=O) groups is 2. The monoisotopic (exact) mass is 440 g/mol. The molecule has 0 aromatic heterocycles. The lowest BCUT2D eigenvalue weighted by molar-refractivity contribution is -0.114. The summed E-state index contributed by atoms with van der Waals surface area (Å²) in [6.45, 7) is 5.42. The normalized spacial score (nSPS) is 21.1. The Bertz CT molecular complexity index is 891. The summed E-state index contributed by atoms with van der Waals surface area (Å²) in [4.78, 5) is 24.0. The van der Waals surface area contributed by atoms with Gasteiger partial charge in [0.05, 0.1) is 18.1 Å². The predicted molar refractivity (Wildman–Crippen MR) is 123 cm³/mol. The summed E-state index contributed by atoms with van der Waals surface area (Å²) >= 11 is 0. The molecule has 1 saturated carbocycles. The van der Waals surface area contributed by atoms with E-state index in [1.54, 1.807) is 12.1 Å². The summed E-state index contributed by atoms with van der Waals surface area (Å²) in [5.74, 6) is -0.887. The minimum atomic E-state index is -0.752. The number of ether oxygens (including phenoxy) is 1. The van der Waals surface area contributed by atoms with Gasteiger partial charge < -0.3 is 26.4 Å². The number of nitrogens with two attached hydrogens (primary N) is 1. The molecular formula is C23H32N6O3. The molecule has 0 radical (unpaired) electrons. The molecule has 0 aliphatic heterocycles. The van der Waals surface area contributed by atoms with Crippen molar-refractivity contribution in [2.45, 2.75) is 70.1 Å². The van der Waals surface area contributed by atoms with Crippen LogP contribution in [-0.2, 0) is 9.53 Å². The van der Waals surface area contributed by atoms with Crippen LogP contribution in [0, 0.1) is 16.7 Å². The minimum Gasteiger partial charge on any atom is -0.444 e. The van der Waals surface area contributed by atoms with E-state index in [0.717, 1.165) is 0 Å². The van der Waals surface area contributed by atoms with E-state index in [-0.39, 0.29) is 23.9 Å². The van der Waals surface area contributed by atoms with Gasteiger partial charge in [0.1, 0.15) is 11.4 Å². The molecule has 0 heterocycles. The number of rotatable bonds is 7. The van der Waals surface area contributed by atoms with Crippen LogP contribution in [0.3, 0.4) is 0 Å². The summed E-state index contributed by atoms with van der Waals surface area (Å²) < 4.78 is 5.31. The molecule has 1 aromatic carbocycles. The third kappa shape index (κ3) is 7.61. The number of nitrogens with zero attached hydrogens (tertiary/aromatic N) is 1. The SMILES string of the molecule is CC(C)(C)OC(=O)NC1CCC(CC#N)(N/C=C(\C(=N)Nc2ccccc2)C(N)=O)CC1. The molecule has 0 atom stereocenters. The first-order valence-corrected chi connectivity index (χ1v) is 10.6. The minimum absolute atomic E-state index is 0.0137. The Kier molecular flexibility index (Phi) is 8.24. The smallest absolute Gasteiger partial charge is 0.407 e. The number of nitriles is 1. The van der Waals surface area contributed by atoms with Crippen LogP contribution >= 0.6 is 0 Å². The first kappa shape index (κ1) is 24.7. The van der Waals surface area contributed by atoms with Crippen molar-refractivity contribution < 1.29 is 14.3 Å². The van der Waals surface area contributed by atoms with Crippen LogP contribution in [0.4, 0.5) is 10.5 Å². The van der Waals surface area contributed by atoms with Crippen molar-refractivity contribution in [2.24, 2.45) is 5.73 Å². The number of amides is 2. The maximum absolute atomic E-state index is 12.0. The molecule has 0 bridgehead atoms. The van der Waals surface area contributed by atoms with Gasteiger partial charge in [-0.25, -0.2) is 4.79 Å². The molecule has 9 nitrogen and oxygen atoms in total. The zero-order valence-electron chi connectivity index (χ0n) is 18.8. The summed E-state index contributed by atoms with van der Waals surface area (Å²) in [6, 6.07) is 11.2. The summed E-state index contributed by atoms with van der Waals surface area (Å²) in [6.07, 6.45) is 3.67. The summed E-state index contributed by atoms with van der Waals surface area (Å²) in [7, 11) is 0. The van der Waals surface area contributed by atoms with Gasteiger partial charge >= 0.3 is 6.09 Å². The Labute approximate surface area is 188 Å². The Morgan fingerprint density at radius 3 is 2.44 bits per heavy atom. The van der Waals surface area contributed by atoms with Gasteiger partial charge in [-0.05, 0) is 58.6 Å². The van der Waals surface area contributed by atoms with E-state index in [9.17, 15) is 14.9 Å². The first-order valence-electron chi connectivity index (χ1n) is 10.6. The molecule has 1 aliphatic carbocycles. The fourth-order valence-corrected chi connectivity index (χ4v) is 3.54. The molecule has 6 N–H and O–H groups in total. The van der Waals surface area contributed by atoms with Crippen LogP contribution in [0.2, 0.25) is 0 Å². The highest BCUT2D eigenvalue weighted by Gasteiger charge is 2.35. The second kappa shape index (κ2) is 10.7. The molecule has 0 spiro atoms. The number of nitrogens with one attached hydrogen (secondary N) is 4. The second-order valence-corrected chi connectivity index (χ2v) is 8.97. The van der Waals surface area contributed by atoms with Crippen LogP contribution in [-0.4, -0.2) is 35.0 Å². The van der Waals surface area contributed by atoms with Crippen molar-refractivity contribution >= 4 is 23.5 Å². The van der Waals surface area contributed by atoms with Gasteiger partial charge in [0.25, 0.3) is 5.91 Å².